The first-order valence-corrected chi connectivity index (χ1v) is 8.72. The molecule has 1 unspecified atom stereocenters. The average molecular weight is 340 g/mol. The van der Waals surface area contributed by atoms with Gasteiger partial charge in [0.05, 0.1) is 0 Å². The molecule has 26 heavy (non-hydrogen) atoms. The van der Waals surface area contributed by atoms with Crippen molar-refractivity contribution in [1.29, 1.82) is 0 Å². The zero-order valence-electron chi connectivity index (χ0n) is 15.0. The molecule has 0 spiro atoms. The van der Waals surface area contributed by atoms with E-state index in [1.165, 1.54) is 5.39 Å². The van der Waals surface area contributed by atoms with Gasteiger partial charge in [0.15, 0.2) is 5.60 Å². The standard InChI is InChI=1S/C24H20O2/c1-4-13-24(26-23(25)16(2)3)21-12-8-7-11-19(21)20-14-17-9-5-6-10-18(17)15-22(20)24/h4-15H,2H2,1,3H3. The highest BCUT2D eigenvalue weighted by Crippen LogP contribution is 2.51. The first kappa shape index (κ1) is 16.3. The summed E-state index contributed by atoms with van der Waals surface area (Å²) in [6.07, 6.45) is 3.90. The van der Waals surface area contributed by atoms with Gasteiger partial charge in [-0.3, -0.25) is 0 Å². The maximum Gasteiger partial charge on any atom is 0.334 e. The van der Waals surface area contributed by atoms with E-state index >= 15 is 0 Å². The topological polar surface area (TPSA) is 26.3 Å². The summed E-state index contributed by atoms with van der Waals surface area (Å²) in [5.41, 5.74) is 3.64. The second-order valence-corrected chi connectivity index (χ2v) is 6.70. The van der Waals surface area contributed by atoms with E-state index in [9.17, 15) is 4.79 Å². The van der Waals surface area contributed by atoms with Crippen molar-refractivity contribution in [3.8, 4) is 11.1 Å². The number of allylic oxidation sites excluding steroid dienone is 1. The molecule has 0 fully saturated rings. The average Bonchev–Trinajstić information content (AvgIpc) is 2.90. The molecule has 4 rings (SSSR count). The van der Waals surface area contributed by atoms with E-state index in [0.29, 0.717) is 5.57 Å². The second kappa shape index (κ2) is 5.99. The number of carbonyl (C=O) groups is 1. The van der Waals surface area contributed by atoms with Crippen molar-refractivity contribution in [2.24, 2.45) is 0 Å². The highest BCUT2D eigenvalue weighted by atomic mass is 16.6. The van der Waals surface area contributed by atoms with Crippen LogP contribution in [0.2, 0.25) is 0 Å². The number of carbonyl (C=O) groups excluding carboxylic acids is 1. The summed E-state index contributed by atoms with van der Waals surface area (Å²) >= 11 is 0. The Morgan fingerprint density at radius 3 is 2.31 bits per heavy atom. The minimum atomic E-state index is -0.930. The molecular formula is C24H20O2. The van der Waals surface area contributed by atoms with Crippen molar-refractivity contribution < 1.29 is 9.53 Å². The molecule has 3 aromatic carbocycles. The minimum absolute atomic E-state index is 0.389. The molecule has 0 N–H and O–H groups in total. The van der Waals surface area contributed by atoms with E-state index in [1.54, 1.807) is 6.92 Å². The molecule has 3 aromatic rings. The van der Waals surface area contributed by atoms with Crippen LogP contribution >= 0.6 is 0 Å². The Labute approximate surface area is 153 Å². The van der Waals surface area contributed by atoms with Crippen LogP contribution in [0.3, 0.4) is 0 Å². The van der Waals surface area contributed by atoms with Crippen LogP contribution in [0.25, 0.3) is 21.9 Å². The van der Waals surface area contributed by atoms with Crippen LogP contribution in [0.5, 0.6) is 0 Å². The molecule has 2 heteroatoms. The normalized spacial score (nSPS) is 17.9. The molecule has 1 aliphatic rings. The van der Waals surface area contributed by atoms with Crippen LogP contribution in [-0.4, -0.2) is 5.97 Å². The van der Waals surface area contributed by atoms with E-state index < -0.39 is 5.60 Å². The predicted octanol–water partition coefficient (Wildman–Crippen LogP) is 5.76. The van der Waals surface area contributed by atoms with Crippen LogP contribution in [0.15, 0.2) is 85.0 Å². The molecule has 0 bridgehead atoms. The Bertz CT molecular complexity index is 1070. The predicted molar refractivity (Wildman–Crippen MR) is 106 cm³/mol. The fourth-order valence-corrected chi connectivity index (χ4v) is 3.75. The van der Waals surface area contributed by atoms with Gasteiger partial charge in [0.25, 0.3) is 0 Å². The second-order valence-electron chi connectivity index (χ2n) is 6.70. The van der Waals surface area contributed by atoms with E-state index in [-0.39, 0.29) is 5.97 Å². The van der Waals surface area contributed by atoms with Crippen molar-refractivity contribution in [3.05, 3.63) is 96.1 Å². The van der Waals surface area contributed by atoms with Gasteiger partial charge in [0.2, 0.25) is 0 Å². The number of hydrogen-bond acceptors (Lipinski definition) is 2. The summed E-state index contributed by atoms with van der Waals surface area (Å²) in [5.74, 6) is -0.390. The minimum Gasteiger partial charge on any atom is -0.441 e. The van der Waals surface area contributed by atoms with Crippen LogP contribution < -0.4 is 0 Å². The summed E-state index contributed by atoms with van der Waals surface area (Å²) in [4.78, 5) is 12.5. The lowest BCUT2D eigenvalue weighted by atomic mass is 9.89. The maximum atomic E-state index is 12.5. The van der Waals surface area contributed by atoms with E-state index in [2.05, 4.69) is 36.9 Å². The van der Waals surface area contributed by atoms with Crippen molar-refractivity contribution in [2.45, 2.75) is 19.4 Å². The number of ether oxygens (including phenoxy) is 1. The molecule has 0 heterocycles. The Morgan fingerprint density at radius 1 is 0.962 bits per heavy atom. The fraction of sp³-hybridized carbons (Fsp3) is 0.125. The highest BCUT2D eigenvalue weighted by Gasteiger charge is 2.44. The molecule has 0 aromatic heterocycles. The molecule has 1 atom stereocenters. The molecular weight excluding hydrogens is 320 g/mol. The monoisotopic (exact) mass is 340 g/mol. The molecule has 0 amide bonds. The van der Waals surface area contributed by atoms with Crippen LogP contribution in [0, 0.1) is 0 Å². The summed E-state index contributed by atoms with van der Waals surface area (Å²) in [5, 5.41) is 2.29. The zero-order valence-corrected chi connectivity index (χ0v) is 15.0. The van der Waals surface area contributed by atoms with Gasteiger partial charge in [-0.1, -0.05) is 61.2 Å². The summed E-state index contributed by atoms with van der Waals surface area (Å²) in [6, 6.07) is 20.7. The van der Waals surface area contributed by atoms with Gasteiger partial charge in [0, 0.05) is 16.7 Å². The van der Waals surface area contributed by atoms with Crippen LogP contribution in [0.4, 0.5) is 0 Å². The number of fused-ring (bicyclic) bond motifs is 4. The fourth-order valence-electron chi connectivity index (χ4n) is 3.75. The van der Waals surface area contributed by atoms with Crippen molar-refractivity contribution in [3.63, 3.8) is 0 Å². The Hall–Kier alpha value is -3.13. The third-order valence-corrected chi connectivity index (χ3v) is 4.91. The van der Waals surface area contributed by atoms with E-state index in [4.69, 9.17) is 4.74 Å². The Kier molecular flexibility index (Phi) is 3.77. The SMILES string of the molecule is C=C(C)C(=O)OC1(C=CC)c2ccccc2-c2cc3ccccc3cc21. The summed E-state index contributed by atoms with van der Waals surface area (Å²) < 4.78 is 6.08. The van der Waals surface area contributed by atoms with Gasteiger partial charge in [-0.05, 0) is 54.0 Å². The highest BCUT2D eigenvalue weighted by molar-refractivity contribution is 5.95. The summed E-state index contributed by atoms with van der Waals surface area (Å²) in [6.45, 7) is 7.37. The molecule has 0 radical (unpaired) electrons. The molecule has 1 aliphatic carbocycles. The van der Waals surface area contributed by atoms with Gasteiger partial charge >= 0.3 is 5.97 Å². The largest absolute Gasteiger partial charge is 0.441 e. The smallest absolute Gasteiger partial charge is 0.334 e. The first-order chi connectivity index (χ1) is 12.6. The number of rotatable bonds is 3. The van der Waals surface area contributed by atoms with Crippen molar-refractivity contribution in [2.75, 3.05) is 0 Å². The third-order valence-electron chi connectivity index (χ3n) is 4.91. The maximum absolute atomic E-state index is 12.5. The Morgan fingerprint density at radius 2 is 1.62 bits per heavy atom. The summed E-state index contributed by atoms with van der Waals surface area (Å²) in [7, 11) is 0. The number of benzene rings is 3. The van der Waals surface area contributed by atoms with Gasteiger partial charge in [-0.25, -0.2) is 4.79 Å². The lowest BCUT2D eigenvalue weighted by Gasteiger charge is -2.29. The van der Waals surface area contributed by atoms with E-state index in [1.807, 2.05) is 49.4 Å². The molecule has 2 nitrogen and oxygen atoms in total. The molecule has 128 valence electrons. The van der Waals surface area contributed by atoms with Gasteiger partial charge in [0.1, 0.15) is 0 Å². The first-order valence-electron chi connectivity index (χ1n) is 8.72. The Balaban J connectivity index is 2.07. The third kappa shape index (κ3) is 2.30. The molecule has 0 saturated carbocycles. The van der Waals surface area contributed by atoms with Crippen molar-refractivity contribution in [1.82, 2.24) is 0 Å². The lowest BCUT2D eigenvalue weighted by Crippen LogP contribution is -2.30. The van der Waals surface area contributed by atoms with Gasteiger partial charge in [-0.15, -0.1) is 0 Å². The number of hydrogen-bond donors (Lipinski definition) is 0. The van der Waals surface area contributed by atoms with Crippen LogP contribution in [-0.2, 0) is 15.1 Å². The lowest BCUT2D eigenvalue weighted by molar-refractivity contribution is -0.147. The van der Waals surface area contributed by atoms with Gasteiger partial charge < -0.3 is 4.74 Å². The molecule has 0 aliphatic heterocycles. The molecule has 0 saturated heterocycles. The van der Waals surface area contributed by atoms with Crippen molar-refractivity contribution >= 4 is 16.7 Å². The van der Waals surface area contributed by atoms with Gasteiger partial charge in [-0.2, -0.15) is 0 Å². The zero-order chi connectivity index (χ0) is 18.3. The number of esters is 1. The van der Waals surface area contributed by atoms with E-state index in [0.717, 1.165) is 27.6 Å². The van der Waals surface area contributed by atoms with Crippen LogP contribution in [0.1, 0.15) is 25.0 Å². The quantitative estimate of drug-likeness (QED) is 0.344.